The number of aryl methyl sites for hydroxylation is 1. The lowest BCUT2D eigenvalue weighted by molar-refractivity contribution is 0.103. The van der Waals surface area contributed by atoms with Gasteiger partial charge in [-0.05, 0) is 36.8 Å². The number of amides is 1. The van der Waals surface area contributed by atoms with Crippen LogP contribution >= 0.6 is 11.3 Å². The first kappa shape index (κ1) is 16.2. The molecule has 0 unspecified atom stereocenters. The second-order valence-electron chi connectivity index (χ2n) is 5.71. The molecule has 1 aromatic carbocycles. The highest BCUT2D eigenvalue weighted by molar-refractivity contribution is 7.17. The first-order chi connectivity index (χ1) is 12.7. The second-order valence-corrected chi connectivity index (χ2v) is 6.71. The molecule has 4 aromatic rings. The molecule has 3 heterocycles. The van der Waals surface area contributed by atoms with Crippen molar-refractivity contribution < 1.29 is 9.21 Å². The Morgan fingerprint density at radius 3 is 2.69 bits per heavy atom. The average molecular weight is 361 g/mol. The van der Waals surface area contributed by atoms with Crippen LogP contribution in [0, 0.1) is 6.92 Å². The number of nitrogens with zero attached hydrogens (tertiary/aromatic N) is 2. The summed E-state index contributed by atoms with van der Waals surface area (Å²) in [5, 5.41) is 3.52. The van der Waals surface area contributed by atoms with Gasteiger partial charge in [0.2, 0.25) is 0 Å². The van der Waals surface area contributed by atoms with E-state index < -0.39 is 0 Å². The molecule has 0 spiro atoms. The number of carbonyl (C=O) groups is 1. The number of nitrogens with one attached hydrogen (secondary N) is 1. The molecule has 0 atom stereocenters. The molecule has 128 valence electrons. The fourth-order valence-electron chi connectivity index (χ4n) is 2.55. The van der Waals surface area contributed by atoms with Gasteiger partial charge in [0.25, 0.3) is 5.91 Å². The normalized spacial score (nSPS) is 10.7. The Kier molecular flexibility index (Phi) is 4.33. The lowest BCUT2D eigenvalue weighted by atomic mass is 10.1. The molecule has 26 heavy (non-hydrogen) atoms. The number of furan rings is 1. The summed E-state index contributed by atoms with van der Waals surface area (Å²) in [6.45, 7) is 1.95. The molecule has 0 saturated heterocycles. The van der Waals surface area contributed by atoms with E-state index in [1.807, 2.05) is 55.5 Å². The van der Waals surface area contributed by atoms with Crippen molar-refractivity contribution in [2.45, 2.75) is 6.92 Å². The monoisotopic (exact) mass is 361 g/mol. The zero-order valence-corrected chi connectivity index (χ0v) is 14.8. The van der Waals surface area contributed by atoms with Gasteiger partial charge < -0.3 is 9.73 Å². The molecule has 3 aromatic heterocycles. The van der Waals surface area contributed by atoms with E-state index in [-0.39, 0.29) is 5.91 Å². The number of thiazole rings is 1. The summed E-state index contributed by atoms with van der Waals surface area (Å²) in [7, 11) is 0. The summed E-state index contributed by atoms with van der Waals surface area (Å²) < 4.78 is 5.44. The molecular weight excluding hydrogens is 346 g/mol. The van der Waals surface area contributed by atoms with Gasteiger partial charge in [0, 0.05) is 11.8 Å². The Balaban J connectivity index is 1.75. The van der Waals surface area contributed by atoms with E-state index in [0.29, 0.717) is 27.2 Å². The van der Waals surface area contributed by atoms with Crippen LogP contribution in [-0.4, -0.2) is 15.9 Å². The molecule has 0 aliphatic rings. The van der Waals surface area contributed by atoms with E-state index >= 15 is 0 Å². The van der Waals surface area contributed by atoms with E-state index in [9.17, 15) is 4.79 Å². The van der Waals surface area contributed by atoms with Crippen LogP contribution in [0.5, 0.6) is 0 Å². The van der Waals surface area contributed by atoms with E-state index in [2.05, 4.69) is 15.3 Å². The fraction of sp³-hybridized carbons (Fsp3) is 0.0500. The zero-order valence-electron chi connectivity index (χ0n) is 14.0. The summed E-state index contributed by atoms with van der Waals surface area (Å²) >= 11 is 1.30. The third kappa shape index (κ3) is 3.27. The summed E-state index contributed by atoms with van der Waals surface area (Å²) in [5.41, 5.74) is 2.54. The van der Waals surface area contributed by atoms with Crippen molar-refractivity contribution in [2.24, 2.45) is 0 Å². The minimum Gasteiger partial charge on any atom is -0.462 e. The molecule has 0 bridgehead atoms. The molecule has 5 nitrogen and oxygen atoms in total. The average Bonchev–Trinajstić information content (AvgIpc) is 3.32. The van der Waals surface area contributed by atoms with Crippen molar-refractivity contribution in [3.05, 3.63) is 77.5 Å². The molecule has 1 amide bonds. The van der Waals surface area contributed by atoms with Gasteiger partial charge in [0.15, 0.2) is 10.8 Å². The topological polar surface area (TPSA) is 68.0 Å². The van der Waals surface area contributed by atoms with E-state index in [4.69, 9.17) is 4.42 Å². The predicted octanol–water partition coefficient (Wildman–Crippen LogP) is 5.03. The summed E-state index contributed by atoms with van der Waals surface area (Å²) in [6.07, 6.45) is 3.26. The van der Waals surface area contributed by atoms with E-state index in [1.54, 1.807) is 18.5 Å². The molecule has 6 heteroatoms. The minimum absolute atomic E-state index is 0.239. The Labute approximate surface area is 154 Å². The quantitative estimate of drug-likeness (QED) is 0.554. The highest BCUT2D eigenvalue weighted by Gasteiger charge is 2.21. The molecule has 0 fully saturated rings. The Morgan fingerprint density at radius 1 is 1.12 bits per heavy atom. The van der Waals surface area contributed by atoms with Crippen LogP contribution in [0.15, 0.2) is 71.5 Å². The number of benzene rings is 1. The standard InChI is InChI=1S/C20H15N3O2S/c1-13-9-10-21-16(12-13)22-19(24)18-17(14-6-3-2-4-7-14)23-20(26-18)15-8-5-11-25-15/h2-12H,1H3,(H,21,22,24). The maximum atomic E-state index is 12.9. The third-order valence-corrected chi connectivity index (χ3v) is 4.84. The lowest BCUT2D eigenvalue weighted by Crippen LogP contribution is -2.12. The number of anilines is 1. The molecular formula is C20H15N3O2S. The summed E-state index contributed by atoms with van der Waals surface area (Å²) in [4.78, 5) is 22.3. The van der Waals surface area contributed by atoms with Crippen molar-refractivity contribution in [2.75, 3.05) is 5.32 Å². The second kappa shape index (κ2) is 6.93. The summed E-state index contributed by atoms with van der Waals surface area (Å²) in [5.74, 6) is 0.916. The molecule has 4 rings (SSSR count). The van der Waals surface area contributed by atoms with Gasteiger partial charge in [-0.1, -0.05) is 30.3 Å². The Hall–Kier alpha value is -3.25. The molecule has 1 N–H and O–H groups in total. The highest BCUT2D eigenvalue weighted by atomic mass is 32.1. The third-order valence-electron chi connectivity index (χ3n) is 3.77. The van der Waals surface area contributed by atoms with E-state index in [1.165, 1.54) is 11.3 Å². The number of carbonyl (C=O) groups excluding carboxylic acids is 1. The van der Waals surface area contributed by atoms with E-state index in [0.717, 1.165) is 11.1 Å². The van der Waals surface area contributed by atoms with Gasteiger partial charge in [-0.3, -0.25) is 4.79 Å². The van der Waals surface area contributed by atoms with Crippen LogP contribution in [0.3, 0.4) is 0 Å². The number of hydrogen-bond donors (Lipinski definition) is 1. The predicted molar refractivity (Wildman–Crippen MR) is 102 cm³/mol. The molecule has 0 aliphatic carbocycles. The van der Waals surface area contributed by atoms with Crippen LogP contribution in [-0.2, 0) is 0 Å². The van der Waals surface area contributed by atoms with Crippen LogP contribution in [0.4, 0.5) is 5.82 Å². The largest absolute Gasteiger partial charge is 0.462 e. The van der Waals surface area contributed by atoms with Crippen molar-refractivity contribution in [3.63, 3.8) is 0 Å². The van der Waals surface area contributed by atoms with Gasteiger partial charge in [0.05, 0.1) is 12.0 Å². The Bertz CT molecular complexity index is 1040. The van der Waals surface area contributed by atoms with Gasteiger partial charge >= 0.3 is 0 Å². The highest BCUT2D eigenvalue weighted by Crippen LogP contribution is 2.34. The van der Waals surface area contributed by atoms with Gasteiger partial charge in [-0.15, -0.1) is 11.3 Å². The number of hydrogen-bond acceptors (Lipinski definition) is 5. The number of rotatable bonds is 4. The molecule has 0 aliphatic heterocycles. The Morgan fingerprint density at radius 2 is 1.96 bits per heavy atom. The van der Waals surface area contributed by atoms with Crippen molar-refractivity contribution in [1.29, 1.82) is 0 Å². The van der Waals surface area contributed by atoms with Gasteiger partial charge in [-0.25, -0.2) is 9.97 Å². The van der Waals surface area contributed by atoms with Crippen molar-refractivity contribution in [1.82, 2.24) is 9.97 Å². The maximum Gasteiger partial charge on any atom is 0.269 e. The zero-order chi connectivity index (χ0) is 17.9. The lowest BCUT2D eigenvalue weighted by Gasteiger charge is -2.05. The van der Waals surface area contributed by atoms with Crippen LogP contribution in [0.2, 0.25) is 0 Å². The molecule has 0 radical (unpaired) electrons. The fourth-order valence-corrected chi connectivity index (χ4v) is 3.50. The van der Waals surface area contributed by atoms with Gasteiger partial charge in [0.1, 0.15) is 10.7 Å². The first-order valence-electron chi connectivity index (χ1n) is 8.05. The maximum absolute atomic E-state index is 12.9. The number of pyridine rings is 1. The summed E-state index contributed by atoms with van der Waals surface area (Å²) in [6, 6.07) is 17.0. The van der Waals surface area contributed by atoms with Crippen molar-refractivity contribution in [3.8, 4) is 22.0 Å². The smallest absolute Gasteiger partial charge is 0.269 e. The molecule has 0 saturated carbocycles. The minimum atomic E-state index is -0.239. The first-order valence-corrected chi connectivity index (χ1v) is 8.86. The number of aromatic nitrogens is 2. The van der Waals surface area contributed by atoms with Crippen LogP contribution in [0.1, 0.15) is 15.2 Å². The van der Waals surface area contributed by atoms with Crippen LogP contribution in [0.25, 0.3) is 22.0 Å². The SMILES string of the molecule is Cc1ccnc(NC(=O)c2sc(-c3ccco3)nc2-c2ccccc2)c1. The van der Waals surface area contributed by atoms with Gasteiger partial charge in [-0.2, -0.15) is 0 Å². The van der Waals surface area contributed by atoms with Crippen LogP contribution < -0.4 is 5.32 Å². The van der Waals surface area contributed by atoms with Crippen molar-refractivity contribution >= 4 is 23.1 Å².